The van der Waals surface area contributed by atoms with Crippen LogP contribution in [0.15, 0.2) is 83.6 Å². The van der Waals surface area contributed by atoms with Crippen LogP contribution in [0.4, 0.5) is 10.3 Å². The van der Waals surface area contributed by atoms with E-state index in [0.29, 0.717) is 17.1 Å². The highest BCUT2D eigenvalue weighted by Gasteiger charge is 2.29. The summed E-state index contributed by atoms with van der Waals surface area (Å²) in [4.78, 5) is 32.6. The number of rotatable bonds is 8. The summed E-state index contributed by atoms with van der Waals surface area (Å²) in [6.07, 6.45) is 7.07. The fraction of sp³-hybridized carbons (Fsp3) is 0.250. The Bertz CT molecular complexity index is 1310. The molecule has 5 rings (SSSR count). The van der Waals surface area contributed by atoms with Crippen molar-refractivity contribution in [1.29, 1.82) is 0 Å². The zero-order chi connectivity index (χ0) is 24.9. The number of aromatic nitrogens is 2. The van der Waals surface area contributed by atoms with Gasteiger partial charge in [0, 0.05) is 23.4 Å². The third-order valence-electron chi connectivity index (χ3n) is 6.41. The normalized spacial score (nSPS) is 13.6. The summed E-state index contributed by atoms with van der Waals surface area (Å²) in [5.41, 5.74) is 2.19. The van der Waals surface area contributed by atoms with Gasteiger partial charge in [0.25, 0.3) is 0 Å². The third kappa shape index (κ3) is 5.38. The Morgan fingerprint density at radius 1 is 1.03 bits per heavy atom. The number of furan rings is 1. The van der Waals surface area contributed by atoms with Gasteiger partial charge < -0.3 is 9.32 Å². The zero-order valence-electron chi connectivity index (χ0n) is 19.8. The van der Waals surface area contributed by atoms with Crippen LogP contribution in [0, 0.1) is 11.7 Å². The molecule has 2 aromatic carbocycles. The Balaban J connectivity index is 1.40. The summed E-state index contributed by atoms with van der Waals surface area (Å²) < 4.78 is 20.7. The minimum atomic E-state index is -0.374. The molecule has 0 radical (unpaired) electrons. The number of hydrogen-bond acceptors (Lipinski definition) is 4. The Kier molecular flexibility index (Phi) is 6.93. The van der Waals surface area contributed by atoms with Gasteiger partial charge in [0.1, 0.15) is 18.1 Å². The number of halogens is 1. The van der Waals surface area contributed by atoms with Crippen molar-refractivity contribution in [1.82, 2.24) is 14.5 Å². The lowest BCUT2D eigenvalue weighted by Gasteiger charge is -2.24. The number of hydrogen-bond donors (Lipinski definition) is 1. The van der Waals surface area contributed by atoms with E-state index in [2.05, 4.69) is 10.3 Å². The predicted octanol–water partition coefficient (Wildman–Crippen LogP) is 5.43. The van der Waals surface area contributed by atoms with Crippen LogP contribution in [0.3, 0.4) is 0 Å². The van der Waals surface area contributed by atoms with Crippen LogP contribution in [0.5, 0.6) is 0 Å². The van der Waals surface area contributed by atoms with Gasteiger partial charge in [0.2, 0.25) is 17.8 Å². The van der Waals surface area contributed by atoms with Crippen LogP contribution in [0.25, 0.3) is 16.9 Å². The van der Waals surface area contributed by atoms with E-state index in [1.165, 1.54) is 12.1 Å². The largest absolute Gasteiger partial charge is 0.467 e. The first-order chi connectivity index (χ1) is 17.6. The highest BCUT2D eigenvalue weighted by atomic mass is 19.1. The summed E-state index contributed by atoms with van der Waals surface area (Å²) in [5.74, 6) is 0.0720. The van der Waals surface area contributed by atoms with Crippen LogP contribution >= 0.6 is 0 Å². The van der Waals surface area contributed by atoms with Crippen LogP contribution in [0.2, 0.25) is 0 Å². The summed E-state index contributed by atoms with van der Waals surface area (Å²) in [5, 5.41) is 2.86. The van der Waals surface area contributed by atoms with Gasteiger partial charge in [-0.3, -0.25) is 19.5 Å². The van der Waals surface area contributed by atoms with Crippen LogP contribution in [-0.2, 0) is 16.1 Å². The fourth-order valence-electron chi connectivity index (χ4n) is 4.59. The van der Waals surface area contributed by atoms with Gasteiger partial charge >= 0.3 is 0 Å². The molecule has 1 fully saturated rings. The number of carbonyl (C=O) groups is 2. The summed E-state index contributed by atoms with van der Waals surface area (Å²) in [6.45, 7) is 0.0877. The van der Waals surface area contributed by atoms with Crippen molar-refractivity contribution < 1.29 is 18.4 Å². The molecule has 0 spiro atoms. The van der Waals surface area contributed by atoms with Gasteiger partial charge in [0.05, 0.1) is 18.5 Å². The van der Waals surface area contributed by atoms with Gasteiger partial charge in [-0.15, -0.1) is 0 Å². The average Bonchev–Trinajstić information content (AvgIpc) is 3.67. The minimum absolute atomic E-state index is 0.0362. The SMILES string of the molecule is O=C(CN(Cc1ccco1)C(=O)C1CCCC1)Nc1nc(-c2ccccc2)cn1-c1ccc(F)cc1. The molecule has 1 aliphatic carbocycles. The molecule has 184 valence electrons. The smallest absolute Gasteiger partial charge is 0.246 e. The van der Waals surface area contributed by atoms with Crippen molar-refractivity contribution in [2.75, 3.05) is 11.9 Å². The molecule has 0 saturated heterocycles. The topological polar surface area (TPSA) is 80.4 Å². The Hall–Kier alpha value is -4.20. The van der Waals surface area contributed by atoms with Crippen molar-refractivity contribution in [2.24, 2.45) is 5.92 Å². The molecule has 0 aliphatic heterocycles. The molecule has 0 bridgehead atoms. The van der Waals surface area contributed by atoms with Gasteiger partial charge in [-0.05, 0) is 49.2 Å². The average molecular weight is 487 g/mol. The lowest BCUT2D eigenvalue weighted by molar-refractivity contribution is -0.139. The fourth-order valence-corrected chi connectivity index (χ4v) is 4.59. The summed E-state index contributed by atoms with van der Waals surface area (Å²) in [7, 11) is 0. The first kappa shape index (κ1) is 23.5. The molecule has 1 N–H and O–H groups in total. The maximum absolute atomic E-state index is 13.5. The zero-order valence-corrected chi connectivity index (χ0v) is 19.8. The van der Waals surface area contributed by atoms with Gasteiger partial charge in [0.15, 0.2) is 0 Å². The van der Waals surface area contributed by atoms with Crippen molar-refractivity contribution >= 4 is 17.8 Å². The second-order valence-electron chi connectivity index (χ2n) is 8.97. The van der Waals surface area contributed by atoms with Crippen molar-refractivity contribution in [3.63, 3.8) is 0 Å². The number of carbonyl (C=O) groups excluding carboxylic acids is 2. The van der Waals surface area contributed by atoms with Crippen molar-refractivity contribution in [3.05, 3.63) is 90.8 Å². The van der Waals surface area contributed by atoms with Gasteiger partial charge in [-0.25, -0.2) is 9.37 Å². The molecule has 2 heterocycles. The van der Waals surface area contributed by atoms with E-state index in [-0.39, 0.29) is 42.6 Å². The Morgan fingerprint density at radius 3 is 2.47 bits per heavy atom. The summed E-state index contributed by atoms with van der Waals surface area (Å²) in [6, 6.07) is 19.1. The Morgan fingerprint density at radius 2 is 1.78 bits per heavy atom. The number of nitrogens with zero attached hydrogens (tertiary/aromatic N) is 3. The highest BCUT2D eigenvalue weighted by Crippen LogP contribution is 2.28. The molecule has 4 aromatic rings. The first-order valence-electron chi connectivity index (χ1n) is 12.1. The van der Waals surface area contributed by atoms with Crippen LogP contribution in [-0.4, -0.2) is 32.8 Å². The minimum Gasteiger partial charge on any atom is -0.467 e. The Labute approximate surface area is 208 Å². The molecule has 1 saturated carbocycles. The van der Waals surface area contributed by atoms with Gasteiger partial charge in [-0.2, -0.15) is 0 Å². The van der Waals surface area contributed by atoms with E-state index in [4.69, 9.17) is 4.42 Å². The number of imidazole rings is 1. The van der Waals surface area contributed by atoms with Crippen LogP contribution < -0.4 is 5.32 Å². The lowest BCUT2D eigenvalue weighted by atomic mass is 10.1. The monoisotopic (exact) mass is 486 g/mol. The molecule has 36 heavy (non-hydrogen) atoms. The summed E-state index contributed by atoms with van der Waals surface area (Å²) >= 11 is 0. The quantitative estimate of drug-likeness (QED) is 0.360. The molecule has 0 unspecified atom stereocenters. The molecule has 8 heteroatoms. The standard InChI is InChI=1S/C28H27FN4O3/c29-22-12-14-23(15-13-22)33-18-25(20-7-2-1-3-8-20)30-28(33)31-26(34)19-32(17-24-11-6-16-36-24)27(35)21-9-4-5-10-21/h1-3,6-8,11-16,18,21H,4-5,9-10,17,19H2,(H,30,31,34). The van der Waals surface area contributed by atoms with E-state index >= 15 is 0 Å². The maximum atomic E-state index is 13.5. The number of anilines is 1. The maximum Gasteiger partial charge on any atom is 0.246 e. The molecule has 2 aromatic heterocycles. The lowest BCUT2D eigenvalue weighted by Crippen LogP contribution is -2.40. The van der Waals surface area contributed by atoms with E-state index in [1.54, 1.807) is 46.2 Å². The van der Waals surface area contributed by atoms with Gasteiger partial charge in [-0.1, -0.05) is 43.2 Å². The molecular formula is C28H27FN4O3. The molecule has 2 amide bonds. The van der Waals surface area contributed by atoms with E-state index in [9.17, 15) is 14.0 Å². The van der Waals surface area contributed by atoms with E-state index in [0.717, 1.165) is 31.2 Å². The molecule has 1 aliphatic rings. The highest BCUT2D eigenvalue weighted by molar-refractivity contribution is 5.94. The number of amides is 2. The molecular weight excluding hydrogens is 459 g/mol. The van der Waals surface area contributed by atoms with Crippen molar-refractivity contribution in [2.45, 2.75) is 32.2 Å². The first-order valence-corrected chi connectivity index (χ1v) is 12.1. The van der Waals surface area contributed by atoms with Crippen molar-refractivity contribution in [3.8, 4) is 16.9 Å². The van der Waals surface area contributed by atoms with E-state index in [1.807, 2.05) is 30.3 Å². The third-order valence-corrected chi connectivity index (χ3v) is 6.41. The number of benzene rings is 2. The second kappa shape index (κ2) is 10.6. The van der Waals surface area contributed by atoms with E-state index < -0.39 is 0 Å². The molecule has 7 nitrogen and oxygen atoms in total. The molecule has 0 atom stereocenters. The van der Waals surface area contributed by atoms with Crippen LogP contribution in [0.1, 0.15) is 31.4 Å². The predicted molar refractivity (Wildman–Crippen MR) is 134 cm³/mol. The second-order valence-corrected chi connectivity index (χ2v) is 8.97. The number of nitrogens with one attached hydrogen (secondary N) is 1.